The van der Waals surface area contributed by atoms with Gasteiger partial charge < -0.3 is 0 Å². The fraction of sp³-hybridized carbons (Fsp3) is 0.222. The third-order valence-corrected chi connectivity index (χ3v) is 4.88. The first-order chi connectivity index (χ1) is 9.83. The van der Waals surface area contributed by atoms with Crippen LogP contribution in [0.1, 0.15) is 24.0 Å². The van der Waals surface area contributed by atoms with Crippen LogP contribution in [-0.2, 0) is 0 Å². The molecule has 3 rings (SSSR count). The van der Waals surface area contributed by atoms with Gasteiger partial charge in [-0.25, -0.2) is 4.39 Å². The molecule has 1 unspecified atom stereocenters. The van der Waals surface area contributed by atoms with Crippen molar-refractivity contribution >= 4 is 17.3 Å². The molecule has 0 saturated carbocycles. The maximum atomic E-state index is 13.1. The highest BCUT2D eigenvalue weighted by Gasteiger charge is 2.15. The SMILES string of the molecule is Fc1ccc(/C(=C/C2CCCS2)c2ccccc2)cc1. The van der Waals surface area contributed by atoms with Gasteiger partial charge in [0.1, 0.15) is 5.82 Å². The molecule has 0 aromatic heterocycles. The van der Waals surface area contributed by atoms with Crippen molar-refractivity contribution in [2.75, 3.05) is 5.75 Å². The van der Waals surface area contributed by atoms with Gasteiger partial charge in [-0.15, -0.1) is 0 Å². The van der Waals surface area contributed by atoms with Gasteiger partial charge in [0.05, 0.1) is 0 Å². The molecular weight excluding hydrogens is 267 g/mol. The Balaban J connectivity index is 2.01. The number of benzene rings is 2. The summed E-state index contributed by atoms with van der Waals surface area (Å²) in [4.78, 5) is 0. The van der Waals surface area contributed by atoms with Crippen molar-refractivity contribution in [2.45, 2.75) is 18.1 Å². The zero-order chi connectivity index (χ0) is 13.8. The fourth-order valence-corrected chi connectivity index (χ4v) is 3.73. The molecule has 2 heteroatoms. The van der Waals surface area contributed by atoms with Crippen molar-refractivity contribution in [1.29, 1.82) is 0 Å². The second-order valence-corrected chi connectivity index (χ2v) is 6.35. The van der Waals surface area contributed by atoms with Crippen molar-refractivity contribution in [1.82, 2.24) is 0 Å². The monoisotopic (exact) mass is 284 g/mol. The van der Waals surface area contributed by atoms with Crippen molar-refractivity contribution in [3.8, 4) is 0 Å². The predicted molar refractivity (Wildman–Crippen MR) is 85.4 cm³/mol. The molecule has 0 bridgehead atoms. The van der Waals surface area contributed by atoms with Gasteiger partial charge in [0.2, 0.25) is 0 Å². The summed E-state index contributed by atoms with van der Waals surface area (Å²) in [6.45, 7) is 0. The normalized spacial score (nSPS) is 19.2. The maximum Gasteiger partial charge on any atom is 0.123 e. The van der Waals surface area contributed by atoms with Crippen LogP contribution in [0.5, 0.6) is 0 Å². The van der Waals surface area contributed by atoms with Gasteiger partial charge in [0.15, 0.2) is 0 Å². The van der Waals surface area contributed by atoms with E-state index in [-0.39, 0.29) is 5.82 Å². The van der Waals surface area contributed by atoms with Crippen molar-refractivity contribution < 1.29 is 4.39 Å². The van der Waals surface area contributed by atoms with Crippen molar-refractivity contribution in [3.63, 3.8) is 0 Å². The van der Waals surface area contributed by atoms with Gasteiger partial charge in [-0.1, -0.05) is 48.5 Å². The summed E-state index contributed by atoms with van der Waals surface area (Å²) in [6, 6.07) is 17.2. The minimum Gasteiger partial charge on any atom is -0.207 e. The van der Waals surface area contributed by atoms with Gasteiger partial charge in [0, 0.05) is 5.25 Å². The van der Waals surface area contributed by atoms with Gasteiger partial charge in [-0.2, -0.15) is 11.8 Å². The summed E-state index contributed by atoms with van der Waals surface area (Å²) in [5, 5.41) is 0.579. The molecule has 1 fully saturated rings. The quantitative estimate of drug-likeness (QED) is 0.751. The van der Waals surface area contributed by atoms with Crippen molar-refractivity contribution in [2.24, 2.45) is 0 Å². The van der Waals surface area contributed by atoms with Crippen LogP contribution in [0.3, 0.4) is 0 Å². The number of hydrogen-bond donors (Lipinski definition) is 0. The highest BCUT2D eigenvalue weighted by atomic mass is 32.2. The molecule has 20 heavy (non-hydrogen) atoms. The average molecular weight is 284 g/mol. The summed E-state index contributed by atoms with van der Waals surface area (Å²) in [5.41, 5.74) is 3.50. The Morgan fingerprint density at radius 3 is 2.35 bits per heavy atom. The molecule has 0 amide bonds. The molecule has 0 radical (unpaired) electrons. The lowest BCUT2D eigenvalue weighted by molar-refractivity contribution is 0.627. The highest BCUT2D eigenvalue weighted by Crippen LogP contribution is 2.32. The van der Waals surface area contributed by atoms with Gasteiger partial charge in [0.25, 0.3) is 0 Å². The van der Waals surface area contributed by atoms with E-state index in [9.17, 15) is 4.39 Å². The number of thioether (sulfide) groups is 1. The van der Waals surface area contributed by atoms with Crippen LogP contribution in [0.25, 0.3) is 5.57 Å². The lowest BCUT2D eigenvalue weighted by Crippen LogP contribution is -1.96. The van der Waals surface area contributed by atoms with E-state index in [2.05, 4.69) is 30.3 Å². The third-order valence-electron chi connectivity index (χ3n) is 3.56. The van der Waals surface area contributed by atoms with Crippen LogP contribution >= 0.6 is 11.8 Å². The molecular formula is C18H17FS. The minimum absolute atomic E-state index is 0.184. The molecule has 0 spiro atoms. The van der Waals surface area contributed by atoms with E-state index in [4.69, 9.17) is 0 Å². The summed E-state index contributed by atoms with van der Waals surface area (Å²) in [6.07, 6.45) is 4.87. The molecule has 0 N–H and O–H groups in total. The Hall–Kier alpha value is -1.54. The Kier molecular flexibility index (Phi) is 4.22. The molecule has 1 saturated heterocycles. The average Bonchev–Trinajstić information content (AvgIpc) is 3.00. The number of halogens is 1. The molecule has 0 aliphatic carbocycles. The molecule has 1 heterocycles. The molecule has 1 atom stereocenters. The smallest absolute Gasteiger partial charge is 0.123 e. The Bertz CT molecular complexity index is 581. The molecule has 1 aliphatic heterocycles. The van der Waals surface area contributed by atoms with Crippen LogP contribution < -0.4 is 0 Å². The summed E-state index contributed by atoms with van der Waals surface area (Å²) in [7, 11) is 0. The van der Waals surface area contributed by atoms with Crippen LogP contribution in [0.15, 0.2) is 60.7 Å². The molecule has 102 valence electrons. The number of rotatable bonds is 3. The van der Waals surface area contributed by atoms with E-state index in [0.29, 0.717) is 5.25 Å². The summed E-state index contributed by atoms with van der Waals surface area (Å²) >= 11 is 2.01. The van der Waals surface area contributed by atoms with E-state index >= 15 is 0 Å². The van der Waals surface area contributed by atoms with Crippen LogP contribution in [0.4, 0.5) is 4.39 Å². The molecule has 0 nitrogen and oxygen atoms in total. The van der Waals surface area contributed by atoms with E-state index in [0.717, 1.165) is 5.56 Å². The van der Waals surface area contributed by atoms with E-state index < -0.39 is 0 Å². The second kappa shape index (κ2) is 6.27. The number of hydrogen-bond acceptors (Lipinski definition) is 1. The fourth-order valence-electron chi connectivity index (χ4n) is 2.53. The Morgan fingerprint density at radius 1 is 1.00 bits per heavy atom. The Morgan fingerprint density at radius 2 is 1.70 bits per heavy atom. The van der Waals surface area contributed by atoms with Crippen molar-refractivity contribution in [3.05, 3.63) is 77.6 Å². The van der Waals surface area contributed by atoms with Gasteiger partial charge >= 0.3 is 0 Å². The largest absolute Gasteiger partial charge is 0.207 e. The van der Waals surface area contributed by atoms with Gasteiger partial charge in [-0.05, 0) is 47.4 Å². The zero-order valence-corrected chi connectivity index (χ0v) is 12.1. The van der Waals surface area contributed by atoms with Gasteiger partial charge in [-0.3, -0.25) is 0 Å². The summed E-state index contributed by atoms with van der Waals surface area (Å²) < 4.78 is 13.1. The topological polar surface area (TPSA) is 0 Å². The lowest BCUT2D eigenvalue weighted by atomic mass is 9.96. The second-order valence-electron chi connectivity index (χ2n) is 5.00. The zero-order valence-electron chi connectivity index (χ0n) is 11.3. The lowest BCUT2D eigenvalue weighted by Gasteiger charge is -2.11. The summed E-state index contributed by atoms with van der Waals surface area (Å²) in [5.74, 6) is 1.06. The predicted octanol–water partition coefficient (Wildman–Crippen LogP) is 5.15. The van der Waals surface area contributed by atoms with E-state index in [1.54, 1.807) is 0 Å². The molecule has 2 aromatic carbocycles. The minimum atomic E-state index is -0.184. The molecule has 2 aromatic rings. The first-order valence-corrected chi connectivity index (χ1v) is 8.02. The van der Waals surface area contributed by atoms with Crippen LogP contribution in [0, 0.1) is 5.82 Å². The van der Waals surface area contributed by atoms with Crippen LogP contribution in [-0.4, -0.2) is 11.0 Å². The Labute approximate surface area is 123 Å². The first kappa shape index (κ1) is 13.4. The van der Waals surface area contributed by atoms with E-state index in [1.165, 1.54) is 41.9 Å². The first-order valence-electron chi connectivity index (χ1n) is 6.98. The standard InChI is InChI=1S/C18H17FS/c19-16-10-8-15(9-11-16)18(13-17-7-4-12-20-17)14-5-2-1-3-6-14/h1-3,5-6,8-11,13,17H,4,7,12H2/b18-13+. The van der Waals surface area contributed by atoms with Crippen LogP contribution in [0.2, 0.25) is 0 Å². The maximum absolute atomic E-state index is 13.1. The highest BCUT2D eigenvalue weighted by molar-refractivity contribution is 8.00. The molecule has 1 aliphatic rings. The van der Waals surface area contributed by atoms with E-state index in [1.807, 2.05) is 30.0 Å². The third kappa shape index (κ3) is 3.13.